The third-order valence-corrected chi connectivity index (χ3v) is 5.46. The van der Waals surface area contributed by atoms with Crippen LogP contribution in [0, 0.1) is 11.8 Å². The van der Waals surface area contributed by atoms with Crippen LogP contribution in [0.3, 0.4) is 0 Å². The molecular weight excluding hydrogens is 301 g/mol. The second-order valence-electron chi connectivity index (χ2n) is 6.53. The molecule has 0 radical (unpaired) electrons. The van der Waals surface area contributed by atoms with Gasteiger partial charge >= 0.3 is 0 Å². The summed E-state index contributed by atoms with van der Waals surface area (Å²) in [5.74, 6) is 1.69. The molecule has 1 N–H and O–H groups in total. The normalized spacial score (nSPS) is 24.0. The molecule has 0 aliphatic heterocycles. The van der Waals surface area contributed by atoms with Gasteiger partial charge in [-0.3, -0.25) is 0 Å². The molecule has 1 aliphatic rings. The SMILES string of the molecule is CCCNC(Cc1ccc(Cl)c(Cl)c1)C1CCC(C)CC1. The molecule has 1 aliphatic carbocycles. The first kappa shape index (κ1) is 17.1. The van der Waals surface area contributed by atoms with Crippen LogP contribution in [0.4, 0.5) is 0 Å². The van der Waals surface area contributed by atoms with Crippen molar-refractivity contribution in [3.63, 3.8) is 0 Å². The van der Waals surface area contributed by atoms with E-state index in [1.165, 1.54) is 37.7 Å². The zero-order chi connectivity index (χ0) is 15.2. The van der Waals surface area contributed by atoms with Gasteiger partial charge in [0.05, 0.1) is 10.0 Å². The number of benzene rings is 1. The van der Waals surface area contributed by atoms with Crippen molar-refractivity contribution in [1.29, 1.82) is 0 Å². The van der Waals surface area contributed by atoms with Gasteiger partial charge in [0, 0.05) is 6.04 Å². The van der Waals surface area contributed by atoms with E-state index in [1.54, 1.807) is 0 Å². The Kier molecular flexibility index (Phi) is 6.85. The van der Waals surface area contributed by atoms with Gasteiger partial charge in [0.2, 0.25) is 0 Å². The molecule has 1 unspecified atom stereocenters. The summed E-state index contributed by atoms with van der Waals surface area (Å²) in [7, 11) is 0. The Balaban J connectivity index is 2.02. The minimum Gasteiger partial charge on any atom is -0.313 e. The zero-order valence-corrected chi connectivity index (χ0v) is 14.7. The van der Waals surface area contributed by atoms with Crippen molar-refractivity contribution in [2.45, 2.75) is 58.4 Å². The van der Waals surface area contributed by atoms with Gasteiger partial charge in [0.25, 0.3) is 0 Å². The highest BCUT2D eigenvalue weighted by atomic mass is 35.5. The minimum absolute atomic E-state index is 0.565. The van der Waals surface area contributed by atoms with E-state index in [0.717, 1.165) is 24.8 Å². The average molecular weight is 328 g/mol. The topological polar surface area (TPSA) is 12.0 Å². The summed E-state index contributed by atoms with van der Waals surface area (Å²) >= 11 is 12.2. The van der Waals surface area contributed by atoms with E-state index in [2.05, 4.69) is 25.2 Å². The standard InChI is InChI=1S/C18H27Cl2N/c1-3-10-21-18(15-7-4-13(2)5-8-15)12-14-6-9-16(19)17(20)11-14/h6,9,11,13,15,18,21H,3-5,7-8,10,12H2,1-2H3. The van der Waals surface area contributed by atoms with E-state index in [1.807, 2.05) is 12.1 Å². The summed E-state index contributed by atoms with van der Waals surface area (Å²) in [4.78, 5) is 0. The second kappa shape index (κ2) is 8.41. The summed E-state index contributed by atoms with van der Waals surface area (Å²) in [6.45, 7) is 5.70. The monoisotopic (exact) mass is 327 g/mol. The van der Waals surface area contributed by atoms with Gasteiger partial charge in [-0.2, -0.15) is 0 Å². The molecule has 3 heteroatoms. The highest BCUT2D eigenvalue weighted by Crippen LogP contribution is 2.32. The van der Waals surface area contributed by atoms with Gasteiger partial charge in [-0.05, 0) is 61.8 Å². The number of hydrogen-bond donors (Lipinski definition) is 1. The fourth-order valence-electron chi connectivity index (χ4n) is 3.34. The van der Waals surface area contributed by atoms with E-state index < -0.39 is 0 Å². The molecule has 0 bridgehead atoms. The Hall–Kier alpha value is -0.240. The van der Waals surface area contributed by atoms with Crippen molar-refractivity contribution in [3.05, 3.63) is 33.8 Å². The quantitative estimate of drug-likeness (QED) is 0.703. The maximum atomic E-state index is 6.15. The molecule has 1 fully saturated rings. The first-order valence-electron chi connectivity index (χ1n) is 8.27. The smallest absolute Gasteiger partial charge is 0.0595 e. The molecule has 1 saturated carbocycles. The molecule has 118 valence electrons. The highest BCUT2D eigenvalue weighted by molar-refractivity contribution is 6.42. The first-order chi connectivity index (χ1) is 10.1. The maximum absolute atomic E-state index is 6.15. The molecule has 0 amide bonds. The molecule has 0 heterocycles. The summed E-state index contributed by atoms with van der Waals surface area (Å²) in [6.07, 6.45) is 7.68. The first-order valence-corrected chi connectivity index (χ1v) is 9.03. The van der Waals surface area contributed by atoms with Crippen molar-refractivity contribution >= 4 is 23.2 Å². The Morgan fingerprint density at radius 1 is 1.14 bits per heavy atom. The van der Waals surface area contributed by atoms with E-state index in [-0.39, 0.29) is 0 Å². The van der Waals surface area contributed by atoms with Gasteiger partial charge < -0.3 is 5.32 Å². The summed E-state index contributed by atoms with van der Waals surface area (Å²) in [6, 6.07) is 6.62. The van der Waals surface area contributed by atoms with Gasteiger partial charge in [-0.1, -0.05) is 56.0 Å². The predicted octanol–water partition coefficient (Wildman–Crippen LogP) is 5.73. The maximum Gasteiger partial charge on any atom is 0.0595 e. The van der Waals surface area contributed by atoms with Crippen LogP contribution in [0.15, 0.2) is 18.2 Å². The molecule has 21 heavy (non-hydrogen) atoms. The lowest BCUT2D eigenvalue weighted by Gasteiger charge is -2.33. The van der Waals surface area contributed by atoms with Crippen LogP contribution >= 0.6 is 23.2 Å². The fraction of sp³-hybridized carbons (Fsp3) is 0.667. The van der Waals surface area contributed by atoms with Crippen molar-refractivity contribution in [2.75, 3.05) is 6.54 Å². The minimum atomic E-state index is 0.565. The van der Waals surface area contributed by atoms with Crippen LogP contribution < -0.4 is 5.32 Å². The third kappa shape index (κ3) is 5.16. The highest BCUT2D eigenvalue weighted by Gasteiger charge is 2.25. The average Bonchev–Trinajstić information content (AvgIpc) is 2.48. The van der Waals surface area contributed by atoms with Gasteiger partial charge in [0.1, 0.15) is 0 Å². The summed E-state index contributed by atoms with van der Waals surface area (Å²) in [5, 5.41) is 5.07. The lowest BCUT2D eigenvalue weighted by molar-refractivity contribution is 0.229. The lowest BCUT2D eigenvalue weighted by Crippen LogP contribution is -2.40. The molecule has 0 aromatic heterocycles. The summed E-state index contributed by atoms with van der Waals surface area (Å²) in [5.41, 5.74) is 1.29. The van der Waals surface area contributed by atoms with Crippen LogP contribution in [0.5, 0.6) is 0 Å². The van der Waals surface area contributed by atoms with E-state index >= 15 is 0 Å². The largest absolute Gasteiger partial charge is 0.313 e. The molecule has 1 nitrogen and oxygen atoms in total. The zero-order valence-electron chi connectivity index (χ0n) is 13.2. The molecular formula is C18H27Cl2N. The van der Waals surface area contributed by atoms with Crippen LogP contribution in [0.1, 0.15) is 51.5 Å². The molecule has 1 aromatic carbocycles. The number of halogens is 2. The van der Waals surface area contributed by atoms with Gasteiger partial charge in [-0.15, -0.1) is 0 Å². The molecule has 2 rings (SSSR count). The Morgan fingerprint density at radius 3 is 2.48 bits per heavy atom. The van der Waals surface area contributed by atoms with Gasteiger partial charge in [0.15, 0.2) is 0 Å². The summed E-state index contributed by atoms with van der Waals surface area (Å²) < 4.78 is 0. The van der Waals surface area contributed by atoms with Crippen LogP contribution in [-0.2, 0) is 6.42 Å². The van der Waals surface area contributed by atoms with Crippen LogP contribution in [-0.4, -0.2) is 12.6 Å². The lowest BCUT2D eigenvalue weighted by atomic mass is 9.77. The van der Waals surface area contributed by atoms with Crippen molar-refractivity contribution < 1.29 is 0 Å². The Bertz CT molecular complexity index is 439. The van der Waals surface area contributed by atoms with Crippen molar-refractivity contribution in [3.8, 4) is 0 Å². The second-order valence-corrected chi connectivity index (χ2v) is 7.35. The van der Waals surface area contributed by atoms with Crippen molar-refractivity contribution in [1.82, 2.24) is 5.32 Å². The van der Waals surface area contributed by atoms with Crippen LogP contribution in [0.2, 0.25) is 10.0 Å². The molecule has 1 atom stereocenters. The van der Waals surface area contributed by atoms with Gasteiger partial charge in [-0.25, -0.2) is 0 Å². The van der Waals surface area contributed by atoms with E-state index in [4.69, 9.17) is 23.2 Å². The number of rotatable bonds is 6. The Morgan fingerprint density at radius 2 is 1.86 bits per heavy atom. The van der Waals surface area contributed by atoms with E-state index in [9.17, 15) is 0 Å². The number of nitrogens with one attached hydrogen (secondary N) is 1. The third-order valence-electron chi connectivity index (χ3n) is 4.73. The van der Waals surface area contributed by atoms with Crippen LogP contribution in [0.25, 0.3) is 0 Å². The molecule has 0 saturated heterocycles. The van der Waals surface area contributed by atoms with Crippen molar-refractivity contribution in [2.24, 2.45) is 11.8 Å². The number of hydrogen-bond acceptors (Lipinski definition) is 1. The molecule has 1 aromatic rings. The molecule has 0 spiro atoms. The Labute approximate surface area is 139 Å². The van der Waals surface area contributed by atoms with E-state index in [0.29, 0.717) is 16.1 Å². The predicted molar refractivity (Wildman–Crippen MR) is 93.4 cm³/mol. The fourth-order valence-corrected chi connectivity index (χ4v) is 3.66.